The molecule has 1 saturated heterocycles. The molecule has 2 nitrogen and oxygen atoms in total. The fourth-order valence-corrected chi connectivity index (χ4v) is 4.56. The molecule has 0 radical (unpaired) electrons. The maximum absolute atomic E-state index is 5.89. The van der Waals surface area contributed by atoms with Gasteiger partial charge >= 0.3 is 0 Å². The molecular weight excluding hydrogens is 172 g/mol. The van der Waals surface area contributed by atoms with Crippen LogP contribution in [-0.2, 0) is 0 Å². The Morgan fingerprint density at radius 3 is 2.71 bits per heavy atom. The van der Waals surface area contributed by atoms with E-state index in [0.717, 1.165) is 36.1 Å². The molecule has 2 bridgehead atoms. The number of hydrogen-bond acceptors (Lipinski definition) is 2. The van der Waals surface area contributed by atoms with Gasteiger partial charge in [-0.1, -0.05) is 0 Å². The first-order valence-corrected chi connectivity index (χ1v) is 6.18. The third kappa shape index (κ3) is 1.17. The monoisotopic (exact) mass is 194 g/mol. The van der Waals surface area contributed by atoms with E-state index < -0.39 is 0 Å². The third-order valence-corrected chi connectivity index (χ3v) is 5.13. The molecule has 1 aliphatic heterocycles. The molecule has 14 heavy (non-hydrogen) atoms. The predicted molar refractivity (Wildman–Crippen MR) is 57.9 cm³/mol. The van der Waals surface area contributed by atoms with Crippen molar-refractivity contribution in [1.82, 2.24) is 4.90 Å². The van der Waals surface area contributed by atoms with Crippen molar-refractivity contribution in [2.24, 2.45) is 35.3 Å². The molecule has 2 heteroatoms. The Morgan fingerprint density at radius 2 is 1.93 bits per heavy atom. The molecule has 2 N–H and O–H groups in total. The van der Waals surface area contributed by atoms with Gasteiger partial charge < -0.3 is 10.6 Å². The van der Waals surface area contributed by atoms with Crippen molar-refractivity contribution < 1.29 is 0 Å². The van der Waals surface area contributed by atoms with Crippen LogP contribution in [0, 0.1) is 29.6 Å². The molecule has 1 heterocycles. The van der Waals surface area contributed by atoms with E-state index in [1.54, 1.807) is 0 Å². The molecule has 4 rings (SSSR count). The Morgan fingerprint density at radius 1 is 1.14 bits per heavy atom. The van der Waals surface area contributed by atoms with Crippen molar-refractivity contribution in [1.29, 1.82) is 0 Å². The van der Waals surface area contributed by atoms with Crippen molar-refractivity contribution in [3.05, 3.63) is 0 Å². The van der Waals surface area contributed by atoms with E-state index in [1.165, 1.54) is 32.4 Å². The van der Waals surface area contributed by atoms with Crippen molar-refractivity contribution in [2.75, 3.05) is 26.7 Å². The largest absolute Gasteiger partial charge is 0.330 e. The molecule has 4 fully saturated rings. The topological polar surface area (TPSA) is 29.3 Å². The summed E-state index contributed by atoms with van der Waals surface area (Å²) in [5.74, 6) is 4.88. The first kappa shape index (κ1) is 9.17. The second kappa shape index (κ2) is 3.21. The van der Waals surface area contributed by atoms with E-state index in [1.807, 2.05) is 0 Å². The first-order valence-electron chi connectivity index (χ1n) is 6.18. The minimum atomic E-state index is 0.862. The Kier molecular flexibility index (Phi) is 2.10. The van der Waals surface area contributed by atoms with Crippen molar-refractivity contribution in [3.8, 4) is 0 Å². The fraction of sp³-hybridized carbons (Fsp3) is 1.00. The zero-order chi connectivity index (χ0) is 9.71. The molecule has 0 amide bonds. The molecule has 0 aromatic heterocycles. The van der Waals surface area contributed by atoms with Gasteiger partial charge in [-0.15, -0.1) is 0 Å². The van der Waals surface area contributed by atoms with Crippen LogP contribution in [0.4, 0.5) is 0 Å². The Hall–Kier alpha value is -0.0800. The molecule has 80 valence electrons. The molecule has 3 saturated carbocycles. The molecule has 0 aromatic rings. The number of nitrogens with two attached hydrogens (primary N) is 1. The maximum atomic E-state index is 5.89. The highest BCUT2D eigenvalue weighted by molar-refractivity contribution is 5.01. The Balaban J connectivity index is 1.84. The van der Waals surface area contributed by atoms with Gasteiger partial charge in [0.2, 0.25) is 0 Å². The normalized spacial score (nSPS) is 52.3. The second-order valence-electron chi connectivity index (χ2n) is 5.78. The summed E-state index contributed by atoms with van der Waals surface area (Å²) in [4.78, 5) is 2.54. The average molecular weight is 194 g/mol. The summed E-state index contributed by atoms with van der Waals surface area (Å²) in [5, 5.41) is 0. The van der Waals surface area contributed by atoms with Crippen LogP contribution in [0.25, 0.3) is 0 Å². The number of fused-ring (bicyclic) bond motifs is 2. The van der Waals surface area contributed by atoms with Crippen molar-refractivity contribution in [2.45, 2.75) is 19.3 Å². The number of rotatable bonds is 1. The highest BCUT2D eigenvalue weighted by Gasteiger charge is 2.50. The SMILES string of the molecule is CN1C[C@H]2[C@H](C1)[C@H]1CC[C@H]2[C@@H](CN)C1. The Labute approximate surface area is 86.8 Å². The van der Waals surface area contributed by atoms with Crippen LogP contribution >= 0.6 is 0 Å². The molecule has 3 aliphatic carbocycles. The van der Waals surface area contributed by atoms with Crippen LogP contribution in [0.5, 0.6) is 0 Å². The second-order valence-corrected chi connectivity index (χ2v) is 5.78. The van der Waals surface area contributed by atoms with Crippen LogP contribution in [0.15, 0.2) is 0 Å². The molecular formula is C12H22N2. The van der Waals surface area contributed by atoms with E-state index in [2.05, 4.69) is 11.9 Å². The van der Waals surface area contributed by atoms with Gasteiger partial charge in [0.15, 0.2) is 0 Å². The summed E-state index contributed by atoms with van der Waals surface area (Å²) in [6.07, 6.45) is 4.41. The molecule has 0 unspecified atom stereocenters. The molecule has 0 aromatic carbocycles. The highest BCUT2D eigenvalue weighted by Crippen LogP contribution is 2.53. The van der Waals surface area contributed by atoms with Crippen LogP contribution in [0.2, 0.25) is 0 Å². The van der Waals surface area contributed by atoms with Gasteiger partial charge in [-0.3, -0.25) is 0 Å². The Bertz CT molecular complexity index is 228. The lowest BCUT2D eigenvalue weighted by Gasteiger charge is -2.49. The van der Waals surface area contributed by atoms with E-state index in [9.17, 15) is 0 Å². The molecule has 0 spiro atoms. The van der Waals surface area contributed by atoms with Crippen LogP contribution in [0.1, 0.15) is 19.3 Å². The quantitative estimate of drug-likeness (QED) is 0.679. The van der Waals surface area contributed by atoms with E-state index in [0.29, 0.717) is 0 Å². The predicted octanol–water partition coefficient (Wildman–Crippen LogP) is 1.17. The van der Waals surface area contributed by atoms with Gasteiger partial charge in [-0.2, -0.15) is 0 Å². The van der Waals surface area contributed by atoms with Crippen molar-refractivity contribution in [3.63, 3.8) is 0 Å². The summed E-state index contributed by atoms with van der Waals surface area (Å²) < 4.78 is 0. The lowest BCUT2D eigenvalue weighted by atomic mass is 9.55. The average Bonchev–Trinajstić information content (AvgIpc) is 2.61. The van der Waals surface area contributed by atoms with E-state index in [-0.39, 0.29) is 0 Å². The maximum Gasteiger partial charge on any atom is 0.00127 e. The zero-order valence-corrected chi connectivity index (χ0v) is 9.15. The summed E-state index contributed by atoms with van der Waals surface area (Å²) in [6.45, 7) is 3.65. The van der Waals surface area contributed by atoms with Gasteiger partial charge in [0.05, 0.1) is 0 Å². The van der Waals surface area contributed by atoms with Gasteiger partial charge in [-0.05, 0) is 62.4 Å². The molecule has 4 aliphatic rings. The summed E-state index contributed by atoms with van der Waals surface area (Å²) >= 11 is 0. The van der Waals surface area contributed by atoms with Gasteiger partial charge in [-0.25, -0.2) is 0 Å². The lowest BCUT2D eigenvalue weighted by Crippen LogP contribution is -2.46. The minimum Gasteiger partial charge on any atom is -0.330 e. The standard InChI is InChI=1S/C12H22N2/c1-14-6-11-8-2-3-10(12(11)7-14)9(4-8)5-13/h8-12H,2-7,13H2,1H3/t8-,9+,10-,11+,12+/m0/s1. The van der Waals surface area contributed by atoms with Gasteiger partial charge in [0.1, 0.15) is 0 Å². The van der Waals surface area contributed by atoms with Crippen LogP contribution in [-0.4, -0.2) is 31.6 Å². The third-order valence-electron chi connectivity index (χ3n) is 5.13. The van der Waals surface area contributed by atoms with Crippen molar-refractivity contribution >= 4 is 0 Å². The smallest absolute Gasteiger partial charge is 0.00127 e. The highest BCUT2D eigenvalue weighted by atomic mass is 15.1. The van der Waals surface area contributed by atoms with Crippen LogP contribution in [0.3, 0.4) is 0 Å². The van der Waals surface area contributed by atoms with Gasteiger partial charge in [0, 0.05) is 13.1 Å². The minimum absolute atomic E-state index is 0.862. The van der Waals surface area contributed by atoms with Crippen LogP contribution < -0.4 is 5.73 Å². The summed E-state index contributed by atoms with van der Waals surface area (Å²) in [6, 6.07) is 0. The number of nitrogens with zero attached hydrogens (tertiary/aromatic N) is 1. The van der Waals surface area contributed by atoms with Gasteiger partial charge in [0.25, 0.3) is 0 Å². The van der Waals surface area contributed by atoms with E-state index >= 15 is 0 Å². The number of hydrogen-bond donors (Lipinski definition) is 1. The molecule has 5 atom stereocenters. The lowest BCUT2D eigenvalue weighted by molar-refractivity contribution is 0.00728. The zero-order valence-electron chi connectivity index (χ0n) is 9.15. The first-order chi connectivity index (χ1) is 6.79. The summed E-state index contributed by atoms with van der Waals surface area (Å²) in [7, 11) is 2.29. The number of likely N-dealkylation sites (tertiary alicyclic amines) is 1. The van der Waals surface area contributed by atoms with E-state index in [4.69, 9.17) is 5.73 Å². The summed E-state index contributed by atoms with van der Waals surface area (Å²) in [5.41, 5.74) is 5.89. The fourth-order valence-electron chi connectivity index (χ4n) is 4.56.